The fraction of sp³-hybridized carbons (Fsp3) is 0.364. The first-order valence-corrected chi connectivity index (χ1v) is 9.41. The number of rotatable bonds is 6. The Kier molecular flexibility index (Phi) is 6.90. The molecule has 2 atom stereocenters. The molecule has 0 N–H and O–H groups in total. The van der Waals surface area contributed by atoms with Crippen molar-refractivity contribution in [2.45, 2.75) is 31.8 Å². The third kappa shape index (κ3) is 4.45. The van der Waals surface area contributed by atoms with Gasteiger partial charge in [-0.3, -0.25) is 0 Å². The van der Waals surface area contributed by atoms with Crippen LogP contribution in [0.5, 0.6) is 5.75 Å². The van der Waals surface area contributed by atoms with Gasteiger partial charge in [-0.25, -0.2) is 17.6 Å². The molecule has 2 unspecified atom stereocenters. The summed E-state index contributed by atoms with van der Waals surface area (Å²) in [4.78, 5) is 0. The Bertz CT molecular complexity index is 889. The lowest BCUT2D eigenvalue weighted by atomic mass is 9.89. The summed E-state index contributed by atoms with van der Waals surface area (Å²) in [5.74, 6) is -5.57. The van der Waals surface area contributed by atoms with Gasteiger partial charge in [-0.1, -0.05) is 24.3 Å². The van der Waals surface area contributed by atoms with Gasteiger partial charge in [-0.05, 0) is 37.5 Å². The van der Waals surface area contributed by atoms with Crippen LogP contribution in [0, 0.1) is 23.3 Å². The van der Waals surface area contributed by atoms with Crippen molar-refractivity contribution in [1.82, 2.24) is 0 Å². The molecular formula is C22H21F5O2. The molecule has 1 fully saturated rings. The lowest BCUT2D eigenvalue weighted by Gasteiger charge is -2.28. The summed E-state index contributed by atoms with van der Waals surface area (Å²) in [6, 6.07) is 4.95. The molecule has 1 aliphatic rings. The Hall–Kier alpha value is -2.41. The first-order chi connectivity index (χ1) is 14.0. The van der Waals surface area contributed by atoms with Crippen molar-refractivity contribution in [2.75, 3.05) is 19.9 Å². The Labute approximate surface area is 165 Å². The van der Waals surface area contributed by atoms with Crippen LogP contribution in [-0.2, 0) is 4.74 Å². The number of benzene rings is 2. The van der Waals surface area contributed by atoms with Crippen molar-refractivity contribution in [1.29, 1.82) is 0 Å². The maximum Gasteiger partial charge on any atom is 0.201 e. The van der Waals surface area contributed by atoms with Gasteiger partial charge in [0.1, 0.15) is 6.67 Å². The zero-order chi connectivity index (χ0) is 21.0. The van der Waals surface area contributed by atoms with Crippen LogP contribution in [0.4, 0.5) is 22.0 Å². The molecular weight excluding hydrogens is 391 g/mol. The maximum absolute atomic E-state index is 14.7. The SMILES string of the molecule is CCOc1ccc(-c2ccc(C3CCC(C=CCF)OC3)c(F)c2F)c(F)c1F. The van der Waals surface area contributed by atoms with Crippen LogP contribution in [0.3, 0.4) is 0 Å². The summed E-state index contributed by atoms with van der Waals surface area (Å²) in [5, 5.41) is 0. The first kappa shape index (κ1) is 21.3. The molecule has 1 heterocycles. The quantitative estimate of drug-likeness (QED) is 0.422. The second kappa shape index (κ2) is 9.39. The van der Waals surface area contributed by atoms with Crippen LogP contribution in [0.1, 0.15) is 31.2 Å². The molecule has 0 aliphatic carbocycles. The van der Waals surface area contributed by atoms with E-state index in [9.17, 15) is 22.0 Å². The molecule has 2 aromatic rings. The second-order valence-corrected chi connectivity index (χ2v) is 6.73. The van der Waals surface area contributed by atoms with Crippen molar-refractivity contribution in [3.05, 3.63) is 65.2 Å². The summed E-state index contributed by atoms with van der Waals surface area (Å²) in [6.45, 7) is 1.32. The number of ether oxygens (including phenoxy) is 2. The van der Waals surface area contributed by atoms with E-state index in [4.69, 9.17) is 9.47 Å². The molecule has 1 saturated heterocycles. The number of halogens is 5. The van der Waals surface area contributed by atoms with Gasteiger partial charge in [0.05, 0.1) is 19.3 Å². The smallest absolute Gasteiger partial charge is 0.201 e. The van der Waals surface area contributed by atoms with Crippen LogP contribution in [-0.4, -0.2) is 26.0 Å². The summed E-state index contributed by atoms with van der Waals surface area (Å²) >= 11 is 0. The van der Waals surface area contributed by atoms with Crippen molar-refractivity contribution in [3.8, 4) is 16.9 Å². The molecule has 0 radical (unpaired) electrons. The number of hydrogen-bond acceptors (Lipinski definition) is 2. The van der Waals surface area contributed by atoms with Crippen LogP contribution in [0.15, 0.2) is 36.4 Å². The van der Waals surface area contributed by atoms with E-state index in [1.54, 1.807) is 13.0 Å². The Balaban J connectivity index is 1.86. The molecule has 0 aromatic heterocycles. The topological polar surface area (TPSA) is 18.5 Å². The average molecular weight is 412 g/mol. The molecule has 7 heteroatoms. The van der Waals surface area contributed by atoms with E-state index in [1.807, 2.05) is 0 Å². The minimum Gasteiger partial charge on any atom is -0.491 e. The average Bonchev–Trinajstić information content (AvgIpc) is 2.73. The largest absolute Gasteiger partial charge is 0.491 e. The predicted molar refractivity (Wildman–Crippen MR) is 99.7 cm³/mol. The van der Waals surface area contributed by atoms with Crippen LogP contribution in [0.25, 0.3) is 11.1 Å². The van der Waals surface area contributed by atoms with Crippen molar-refractivity contribution in [2.24, 2.45) is 0 Å². The monoisotopic (exact) mass is 412 g/mol. The second-order valence-electron chi connectivity index (χ2n) is 6.73. The molecule has 2 aromatic carbocycles. The van der Waals surface area contributed by atoms with Crippen molar-refractivity contribution < 1.29 is 31.4 Å². The standard InChI is InChI=1S/C22H21F5O2/c1-2-28-18-10-9-17(21(26)22(18)27)16-8-7-15(19(24)20(16)25)13-5-6-14(29-12-13)4-3-11-23/h3-4,7-10,13-14H,2,5-6,11-12H2,1H3. The molecule has 29 heavy (non-hydrogen) atoms. The van der Waals surface area contributed by atoms with Gasteiger partial charge in [0, 0.05) is 17.0 Å². The van der Waals surface area contributed by atoms with Gasteiger partial charge < -0.3 is 9.47 Å². The van der Waals surface area contributed by atoms with E-state index in [-0.39, 0.29) is 47.7 Å². The normalized spacial score (nSPS) is 19.7. The van der Waals surface area contributed by atoms with E-state index in [0.717, 1.165) is 6.07 Å². The van der Waals surface area contributed by atoms with Gasteiger partial charge >= 0.3 is 0 Å². The number of allylic oxidation sites excluding steroid dienone is 1. The molecule has 2 nitrogen and oxygen atoms in total. The Morgan fingerprint density at radius 3 is 2.28 bits per heavy atom. The van der Waals surface area contributed by atoms with Crippen LogP contribution in [0.2, 0.25) is 0 Å². The van der Waals surface area contributed by atoms with Gasteiger partial charge in [-0.2, -0.15) is 4.39 Å². The van der Waals surface area contributed by atoms with Gasteiger partial charge in [0.15, 0.2) is 23.2 Å². The molecule has 0 spiro atoms. The lowest BCUT2D eigenvalue weighted by Crippen LogP contribution is -2.24. The summed E-state index contributed by atoms with van der Waals surface area (Å²) in [7, 11) is 0. The van der Waals surface area contributed by atoms with Crippen molar-refractivity contribution >= 4 is 0 Å². The van der Waals surface area contributed by atoms with Crippen LogP contribution >= 0.6 is 0 Å². The lowest BCUT2D eigenvalue weighted by molar-refractivity contribution is 0.0316. The summed E-state index contributed by atoms with van der Waals surface area (Å²) in [5.41, 5.74) is -0.637. The highest BCUT2D eigenvalue weighted by molar-refractivity contribution is 5.66. The maximum atomic E-state index is 14.7. The zero-order valence-corrected chi connectivity index (χ0v) is 15.9. The highest BCUT2D eigenvalue weighted by atomic mass is 19.2. The van der Waals surface area contributed by atoms with E-state index in [2.05, 4.69) is 0 Å². The van der Waals surface area contributed by atoms with E-state index < -0.39 is 29.9 Å². The molecule has 1 aliphatic heterocycles. The molecule has 0 bridgehead atoms. The van der Waals surface area contributed by atoms with E-state index >= 15 is 0 Å². The van der Waals surface area contributed by atoms with Gasteiger partial charge in [0.2, 0.25) is 5.82 Å². The van der Waals surface area contributed by atoms with E-state index in [0.29, 0.717) is 12.8 Å². The highest BCUT2D eigenvalue weighted by Gasteiger charge is 2.27. The summed E-state index contributed by atoms with van der Waals surface area (Å²) < 4.78 is 80.7. The Morgan fingerprint density at radius 1 is 0.966 bits per heavy atom. The third-order valence-electron chi connectivity index (χ3n) is 4.94. The predicted octanol–water partition coefficient (Wildman–Crippen LogP) is 6.10. The number of alkyl halides is 1. The molecule has 3 rings (SSSR count). The fourth-order valence-electron chi connectivity index (χ4n) is 3.47. The fourth-order valence-corrected chi connectivity index (χ4v) is 3.47. The zero-order valence-electron chi connectivity index (χ0n) is 15.9. The van der Waals surface area contributed by atoms with Crippen LogP contribution < -0.4 is 4.74 Å². The number of hydrogen-bond donors (Lipinski definition) is 0. The highest BCUT2D eigenvalue weighted by Crippen LogP contribution is 2.36. The van der Waals surface area contributed by atoms with Crippen molar-refractivity contribution in [3.63, 3.8) is 0 Å². The molecule has 156 valence electrons. The van der Waals surface area contributed by atoms with E-state index in [1.165, 1.54) is 24.3 Å². The van der Waals surface area contributed by atoms with Gasteiger partial charge in [-0.15, -0.1) is 0 Å². The molecule has 0 saturated carbocycles. The summed E-state index contributed by atoms with van der Waals surface area (Å²) in [6.07, 6.45) is 3.78. The van der Waals surface area contributed by atoms with Gasteiger partial charge in [0.25, 0.3) is 0 Å². The minimum atomic E-state index is -1.30. The Morgan fingerprint density at radius 2 is 1.66 bits per heavy atom. The third-order valence-corrected chi connectivity index (χ3v) is 4.94. The minimum absolute atomic E-state index is 0.117. The molecule has 0 amide bonds. The first-order valence-electron chi connectivity index (χ1n) is 9.41.